The van der Waals surface area contributed by atoms with Crippen molar-refractivity contribution in [3.8, 4) is 0 Å². The van der Waals surface area contributed by atoms with Crippen LogP contribution in [0.3, 0.4) is 0 Å². The molecule has 1 unspecified atom stereocenters. The molecule has 1 aliphatic rings. The lowest BCUT2D eigenvalue weighted by Gasteiger charge is -2.34. The second kappa shape index (κ2) is 2.46. The Labute approximate surface area is 76.3 Å². The third-order valence-corrected chi connectivity index (χ3v) is 2.39. The third kappa shape index (κ3) is 0.923. The Hall–Kier alpha value is -1.13. The lowest BCUT2D eigenvalue weighted by molar-refractivity contribution is 0.141. The summed E-state index contributed by atoms with van der Waals surface area (Å²) in [5.74, 6) is -6.95. The summed E-state index contributed by atoms with van der Waals surface area (Å²) >= 11 is 0. The molecule has 0 amide bonds. The summed E-state index contributed by atoms with van der Waals surface area (Å²) in [5.41, 5.74) is -3.21. The smallest absolute Gasteiger partial charge is 0.197 e. The van der Waals surface area contributed by atoms with Gasteiger partial charge in [-0.25, -0.2) is 22.0 Å². The van der Waals surface area contributed by atoms with E-state index in [1.807, 2.05) is 0 Å². The Morgan fingerprint density at radius 3 is 1.93 bits per heavy atom. The Bertz CT molecular complexity index is 399. The molecule has 76 valence electrons. The zero-order valence-electron chi connectivity index (χ0n) is 7.10. The van der Waals surface area contributed by atoms with Crippen LogP contribution in [0.2, 0.25) is 0 Å². The maximum absolute atomic E-state index is 13.3. The molecular formula is C9H5F5. The van der Waals surface area contributed by atoms with Gasteiger partial charge in [0.1, 0.15) is 5.67 Å². The molecule has 0 saturated heterocycles. The lowest BCUT2D eigenvalue weighted by atomic mass is 9.75. The van der Waals surface area contributed by atoms with Crippen LogP contribution in [0.5, 0.6) is 0 Å². The summed E-state index contributed by atoms with van der Waals surface area (Å²) in [4.78, 5) is 0. The van der Waals surface area contributed by atoms with Crippen molar-refractivity contribution in [2.45, 2.75) is 19.0 Å². The maximum Gasteiger partial charge on any atom is 0.197 e. The van der Waals surface area contributed by atoms with Gasteiger partial charge < -0.3 is 0 Å². The largest absolute Gasteiger partial charge is 0.238 e. The molecule has 14 heavy (non-hydrogen) atoms. The molecule has 1 aliphatic carbocycles. The summed E-state index contributed by atoms with van der Waals surface area (Å²) in [5, 5.41) is 0. The van der Waals surface area contributed by atoms with Gasteiger partial charge in [-0.15, -0.1) is 0 Å². The van der Waals surface area contributed by atoms with Gasteiger partial charge in [0.05, 0.1) is 0 Å². The number of fused-ring (bicyclic) bond motifs is 1. The lowest BCUT2D eigenvalue weighted by Crippen LogP contribution is -2.35. The van der Waals surface area contributed by atoms with Gasteiger partial charge in [0, 0.05) is 17.5 Å². The van der Waals surface area contributed by atoms with E-state index in [4.69, 9.17) is 0 Å². The van der Waals surface area contributed by atoms with Gasteiger partial charge in [0.2, 0.25) is 0 Å². The number of alkyl halides is 1. The van der Waals surface area contributed by atoms with E-state index >= 15 is 0 Å². The van der Waals surface area contributed by atoms with Crippen LogP contribution in [0.25, 0.3) is 0 Å². The molecule has 1 aromatic carbocycles. The molecule has 0 N–H and O–H groups in total. The maximum atomic E-state index is 13.3. The summed E-state index contributed by atoms with van der Waals surface area (Å²) < 4.78 is 64.3. The minimum absolute atomic E-state index is 0.411. The fourth-order valence-electron chi connectivity index (χ4n) is 1.70. The van der Waals surface area contributed by atoms with E-state index in [1.165, 1.54) is 0 Å². The SMILES string of the molecule is CC1(F)Cc2c(F)c(F)c(F)c(F)c21. The van der Waals surface area contributed by atoms with E-state index in [-0.39, 0.29) is 0 Å². The molecule has 0 bridgehead atoms. The van der Waals surface area contributed by atoms with Crippen LogP contribution in [0.15, 0.2) is 0 Å². The fraction of sp³-hybridized carbons (Fsp3) is 0.333. The highest BCUT2D eigenvalue weighted by molar-refractivity contribution is 5.45. The summed E-state index contributed by atoms with van der Waals surface area (Å²) in [6, 6.07) is 0. The van der Waals surface area contributed by atoms with E-state index < -0.39 is 46.5 Å². The van der Waals surface area contributed by atoms with Crippen LogP contribution in [0, 0.1) is 23.3 Å². The Balaban J connectivity index is 2.77. The van der Waals surface area contributed by atoms with Gasteiger partial charge in [-0.05, 0) is 6.92 Å². The van der Waals surface area contributed by atoms with Crippen molar-refractivity contribution in [3.63, 3.8) is 0 Å². The van der Waals surface area contributed by atoms with Crippen molar-refractivity contribution < 1.29 is 22.0 Å². The van der Waals surface area contributed by atoms with Crippen molar-refractivity contribution in [3.05, 3.63) is 34.4 Å². The topological polar surface area (TPSA) is 0 Å². The number of hydrogen-bond acceptors (Lipinski definition) is 0. The Morgan fingerprint density at radius 2 is 1.43 bits per heavy atom. The number of hydrogen-bond donors (Lipinski definition) is 0. The average Bonchev–Trinajstić information content (AvgIpc) is 2.09. The second-order valence-electron chi connectivity index (χ2n) is 3.48. The number of halogens is 5. The van der Waals surface area contributed by atoms with Crippen molar-refractivity contribution in [2.24, 2.45) is 0 Å². The van der Waals surface area contributed by atoms with E-state index in [0.717, 1.165) is 6.92 Å². The van der Waals surface area contributed by atoms with Crippen molar-refractivity contribution in [2.75, 3.05) is 0 Å². The molecule has 0 saturated carbocycles. The van der Waals surface area contributed by atoms with E-state index in [9.17, 15) is 22.0 Å². The zero-order valence-corrected chi connectivity index (χ0v) is 7.10. The minimum Gasteiger partial charge on any atom is -0.238 e. The van der Waals surface area contributed by atoms with Crippen molar-refractivity contribution in [1.29, 1.82) is 0 Å². The first-order valence-corrected chi connectivity index (χ1v) is 3.90. The fourth-order valence-corrected chi connectivity index (χ4v) is 1.70. The van der Waals surface area contributed by atoms with E-state index in [1.54, 1.807) is 0 Å². The molecule has 0 aromatic heterocycles. The first kappa shape index (κ1) is 9.43. The molecule has 1 aromatic rings. The summed E-state index contributed by atoms with van der Waals surface area (Å²) in [6.07, 6.45) is -0.428. The standard InChI is InChI=1S/C9H5F5/c1-9(14)2-3-4(9)6(11)8(13)7(12)5(3)10/h2H2,1H3. The monoisotopic (exact) mass is 208 g/mol. The van der Waals surface area contributed by atoms with Gasteiger partial charge in [-0.2, -0.15) is 0 Å². The van der Waals surface area contributed by atoms with Crippen LogP contribution in [-0.4, -0.2) is 0 Å². The Kier molecular flexibility index (Phi) is 1.66. The molecule has 0 fully saturated rings. The van der Waals surface area contributed by atoms with Gasteiger partial charge in [-0.3, -0.25) is 0 Å². The second-order valence-corrected chi connectivity index (χ2v) is 3.48. The normalized spacial score (nSPS) is 24.4. The van der Waals surface area contributed by atoms with Crippen molar-refractivity contribution >= 4 is 0 Å². The molecule has 2 rings (SSSR count). The molecule has 0 aliphatic heterocycles. The van der Waals surface area contributed by atoms with Crippen molar-refractivity contribution in [1.82, 2.24) is 0 Å². The molecular weight excluding hydrogens is 203 g/mol. The summed E-state index contributed by atoms with van der Waals surface area (Å²) in [7, 11) is 0. The molecule has 0 heterocycles. The molecule has 0 radical (unpaired) electrons. The van der Waals surface area contributed by atoms with Gasteiger partial charge >= 0.3 is 0 Å². The average molecular weight is 208 g/mol. The van der Waals surface area contributed by atoms with Crippen LogP contribution < -0.4 is 0 Å². The highest BCUT2D eigenvalue weighted by Crippen LogP contribution is 2.46. The van der Waals surface area contributed by atoms with Crippen LogP contribution >= 0.6 is 0 Å². The third-order valence-electron chi connectivity index (χ3n) is 2.39. The number of benzene rings is 1. The quantitative estimate of drug-likeness (QED) is 0.349. The number of rotatable bonds is 0. The van der Waals surface area contributed by atoms with Gasteiger partial charge in [0.25, 0.3) is 0 Å². The highest BCUT2D eigenvalue weighted by Gasteiger charge is 2.46. The highest BCUT2D eigenvalue weighted by atomic mass is 19.2. The Morgan fingerprint density at radius 1 is 0.929 bits per heavy atom. The predicted molar refractivity (Wildman–Crippen MR) is 38.4 cm³/mol. The van der Waals surface area contributed by atoms with Gasteiger partial charge in [-0.1, -0.05) is 0 Å². The van der Waals surface area contributed by atoms with Gasteiger partial charge in [0.15, 0.2) is 23.3 Å². The molecule has 5 heteroatoms. The molecule has 0 nitrogen and oxygen atoms in total. The first-order valence-electron chi connectivity index (χ1n) is 3.90. The zero-order chi connectivity index (χ0) is 10.7. The summed E-state index contributed by atoms with van der Waals surface area (Å²) in [6.45, 7) is 0.995. The van der Waals surface area contributed by atoms with Crippen LogP contribution in [0.1, 0.15) is 18.1 Å². The minimum atomic E-state index is -2.10. The van der Waals surface area contributed by atoms with Crippen LogP contribution in [-0.2, 0) is 12.1 Å². The van der Waals surface area contributed by atoms with E-state index in [0.29, 0.717) is 0 Å². The van der Waals surface area contributed by atoms with E-state index in [2.05, 4.69) is 0 Å². The molecule has 0 spiro atoms. The molecule has 1 atom stereocenters. The van der Waals surface area contributed by atoms with Crippen LogP contribution in [0.4, 0.5) is 22.0 Å². The predicted octanol–water partition coefficient (Wildman–Crippen LogP) is 2.98. The first-order chi connectivity index (χ1) is 6.36.